The smallest absolute Gasteiger partial charge is 0.337 e. The summed E-state index contributed by atoms with van der Waals surface area (Å²) < 4.78 is 0.737. The van der Waals surface area contributed by atoms with Crippen LogP contribution in [0.2, 0.25) is 0 Å². The Morgan fingerprint density at radius 3 is 2.73 bits per heavy atom. The van der Waals surface area contributed by atoms with Crippen molar-refractivity contribution in [3.05, 3.63) is 20.3 Å². The van der Waals surface area contributed by atoms with Crippen molar-refractivity contribution in [1.29, 1.82) is 0 Å². The Morgan fingerprint density at radius 2 is 2.20 bits per heavy atom. The second-order valence-electron chi connectivity index (χ2n) is 3.52. The zero-order valence-electron chi connectivity index (χ0n) is 8.75. The van der Waals surface area contributed by atoms with E-state index in [1.165, 1.54) is 30.6 Å². The fraction of sp³-hybridized carbons (Fsp3) is 0.545. The van der Waals surface area contributed by atoms with Crippen molar-refractivity contribution >= 4 is 33.2 Å². The number of thiophene rings is 1. The highest BCUT2D eigenvalue weighted by molar-refractivity contribution is 9.11. The molecular weight excluding hydrogens is 276 g/mol. The third kappa shape index (κ3) is 3.95. The van der Waals surface area contributed by atoms with E-state index < -0.39 is 5.97 Å². The van der Waals surface area contributed by atoms with E-state index in [4.69, 9.17) is 5.11 Å². The summed E-state index contributed by atoms with van der Waals surface area (Å²) >= 11 is 4.81. The number of unbranched alkanes of at least 4 members (excludes halogenated alkanes) is 3. The van der Waals surface area contributed by atoms with Crippen molar-refractivity contribution < 1.29 is 9.90 Å². The van der Waals surface area contributed by atoms with Crippen LogP contribution in [0.4, 0.5) is 0 Å². The number of rotatable bonds is 6. The molecule has 4 heteroatoms. The lowest BCUT2D eigenvalue weighted by atomic mass is 10.1. The summed E-state index contributed by atoms with van der Waals surface area (Å²) in [6.45, 7) is 2.18. The molecule has 84 valence electrons. The fourth-order valence-electron chi connectivity index (χ4n) is 1.41. The Labute approximate surface area is 102 Å². The Bertz CT molecular complexity index is 333. The average Bonchev–Trinajstić information content (AvgIpc) is 2.55. The Balaban J connectivity index is 2.48. The maximum Gasteiger partial charge on any atom is 0.337 e. The number of aromatic carboxylic acids is 1. The molecule has 1 heterocycles. The summed E-state index contributed by atoms with van der Waals surface area (Å²) in [5.74, 6) is -0.849. The zero-order valence-corrected chi connectivity index (χ0v) is 11.2. The molecule has 2 nitrogen and oxygen atoms in total. The van der Waals surface area contributed by atoms with E-state index >= 15 is 0 Å². The Hall–Kier alpha value is -0.350. The Kier molecular flexibility index (Phi) is 5.32. The standard InChI is InChI=1S/C11H15BrO2S/c1-2-3-4-5-6-8-7-9(11(13)14)10(12)15-8/h7H,2-6H2,1H3,(H,13,14). The second-order valence-corrected chi connectivity index (χ2v) is 5.97. The van der Waals surface area contributed by atoms with Gasteiger partial charge in [-0.1, -0.05) is 26.2 Å². The van der Waals surface area contributed by atoms with Gasteiger partial charge in [-0.3, -0.25) is 0 Å². The molecule has 0 spiro atoms. The summed E-state index contributed by atoms with van der Waals surface area (Å²) in [5, 5.41) is 8.87. The van der Waals surface area contributed by atoms with Crippen molar-refractivity contribution in [1.82, 2.24) is 0 Å². The molecule has 0 atom stereocenters. The first kappa shape index (κ1) is 12.7. The number of halogens is 1. The predicted molar refractivity (Wildman–Crippen MR) is 66.8 cm³/mol. The van der Waals surface area contributed by atoms with Gasteiger partial charge in [-0.15, -0.1) is 11.3 Å². The first-order valence-corrected chi connectivity index (χ1v) is 6.77. The van der Waals surface area contributed by atoms with Gasteiger partial charge in [0.15, 0.2) is 0 Å². The second kappa shape index (κ2) is 6.28. The quantitative estimate of drug-likeness (QED) is 0.792. The summed E-state index contributed by atoms with van der Waals surface area (Å²) in [6, 6.07) is 1.78. The van der Waals surface area contributed by atoms with E-state index in [1.54, 1.807) is 6.07 Å². The first-order valence-electron chi connectivity index (χ1n) is 5.16. The van der Waals surface area contributed by atoms with E-state index in [0.717, 1.165) is 21.5 Å². The lowest BCUT2D eigenvalue weighted by Crippen LogP contribution is -1.93. The van der Waals surface area contributed by atoms with Crippen molar-refractivity contribution in [2.45, 2.75) is 39.0 Å². The van der Waals surface area contributed by atoms with Crippen LogP contribution in [0.15, 0.2) is 9.85 Å². The zero-order chi connectivity index (χ0) is 11.3. The number of aryl methyl sites for hydroxylation is 1. The molecule has 0 aromatic carbocycles. The lowest BCUT2D eigenvalue weighted by Gasteiger charge is -1.96. The van der Waals surface area contributed by atoms with Crippen LogP contribution >= 0.6 is 27.3 Å². The van der Waals surface area contributed by atoms with Gasteiger partial charge in [-0.25, -0.2) is 4.79 Å². The maximum absolute atomic E-state index is 10.8. The molecule has 0 fully saturated rings. The van der Waals surface area contributed by atoms with Crippen molar-refractivity contribution in [3.63, 3.8) is 0 Å². The van der Waals surface area contributed by atoms with E-state index in [1.807, 2.05) is 0 Å². The van der Waals surface area contributed by atoms with Gasteiger partial charge in [0.05, 0.1) is 9.35 Å². The summed E-state index contributed by atoms with van der Waals surface area (Å²) in [6.07, 6.45) is 5.87. The van der Waals surface area contributed by atoms with Gasteiger partial charge in [0.1, 0.15) is 0 Å². The number of carboxylic acids is 1. The normalized spacial score (nSPS) is 10.5. The predicted octanol–water partition coefficient (Wildman–Crippen LogP) is 4.33. The van der Waals surface area contributed by atoms with Gasteiger partial charge in [-0.05, 0) is 34.8 Å². The maximum atomic E-state index is 10.8. The van der Waals surface area contributed by atoms with Crippen LogP contribution in [0.1, 0.15) is 47.8 Å². The topological polar surface area (TPSA) is 37.3 Å². The number of hydrogen-bond acceptors (Lipinski definition) is 2. The minimum absolute atomic E-state index is 0.394. The van der Waals surface area contributed by atoms with Crippen molar-refractivity contribution in [2.24, 2.45) is 0 Å². The molecule has 1 rings (SSSR count). The molecule has 0 aliphatic rings. The monoisotopic (exact) mass is 290 g/mol. The summed E-state index contributed by atoms with van der Waals surface area (Å²) in [7, 11) is 0. The summed E-state index contributed by atoms with van der Waals surface area (Å²) in [5.41, 5.74) is 0.394. The van der Waals surface area contributed by atoms with Crippen LogP contribution < -0.4 is 0 Å². The molecule has 1 aromatic rings. The van der Waals surface area contributed by atoms with Crippen molar-refractivity contribution in [2.75, 3.05) is 0 Å². The molecule has 0 radical (unpaired) electrons. The molecule has 0 unspecified atom stereocenters. The van der Waals surface area contributed by atoms with Crippen molar-refractivity contribution in [3.8, 4) is 0 Å². The number of carbonyl (C=O) groups is 1. The summed E-state index contributed by atoms with van der Waals surface area (Å²) in [4.78, 5) is 12.0. The van der Waals surface area contributed by atoms with Crippen LogP contribution in [0.25, 0.3) is 0 Å². The molecule has 15 heavy (non-hydrogen) atoms. The van der Waals surface area contributed by atoms with Crippen LogP contribution in [0, 0.1) is 0 Å². The molecule has 0 saturated carbocycles. The van der Waals surface area contributed by atoms with Crippen LogP contribution in [-0.4, -0.2) is 11.1 Å². The van der Waals surface area contributed by atoms with Crippen LogP contribution in [0.5, 0.6) is 0 Å². The van der Waals surface area contributed by atoms with E-state index in [9.17, 15) is 4.79 Å². The number of hydrogen-bond donors (Lipinski definition) is 1. The molecule has 0 bridgehead atoms. The SMILES string of the molecule is CCCCCCc1cc(C(=O)O)c(Br)s1. The molecule has 0 aliphatic heterocycles. The van der Waals surface area contributed by atoms with Crippen LogP contribution in [-0.2, 0) is 6.42 Å². The van der Waals surface area contributed by atoms with Gasteiger partial charge in [0.25, 0.3) is 0 Å². The van der Waals surface area contributed by atoms with Gasteiger partial charge in [0, 0.05) is 4.88 Å². The lowest BCUT2D eigenvalue weighted by molar-refractivity contribution is 0.0696. The highest BCUT2D eigenvalue weighted by Crippen LogP contribution is 2.29. The number of carboxylic acid groups (broad SMARTS) is 1. The third-order valence-electron chi connectivity index (χ3n) is 2.24. The highest BCUT2D eigenvalue weighted by Gasteiger charge is 2.12. The Morgan fingerprint density at radius 1 is 1.47 bits per heavy atom. The largest absolute Gasteiger partial charge is 0.478 e. The minimum atomic E-state index is -0.849. The average molecular weight is 291 g/mol. The molecule has 0 saturated heterocycles. The van der Waals surface area contributed by atoms with Gasteiger partial charge in [-0.2, -0.15) is 0 Å². The van der Waals surface area contributed by atoms with Crippen LogP contribution in [0.3, 0.4) is 0 Å². The van der Waals surface area contributed by atoms with E-state index in [-0.39, 0.29) is 0 Å². The third-order valence-corrected chi connectivity index (χ3v) is 4.14. The minimum Gasteiger partial charge on any atom is -0.478 e. The molecule has 1 aromatic heterocycles. The molecular formula is C11H15BrO2S. The first-order chi connectivity index (χ1) is 7.15. The van der Waals surface area contributed by atoms with E-state index in [2.05, 4.69) is 22.9 Å². The van der Waals surface area contributed by atoms with Gasteiger partial charge < -0.3 is 5.11 Å². The van der Waals surface area contributed by atoms with Gasteiger partial charge in [0.2, 0.25) is 0 Å². The molecule has 1 N–H and O–H groups in total. The molecule has 0 aliphatic carbocycles. The highest BCUT2D eigenvalue weighted by atomic mass is 79.9. The van der Waals surface area contributed by atoms with E-state index in [0.29, 0.717) is 5.56 Å². The molecule has 0 amide bonds. The van der Waals surface area contributed by atoms with Gasteiger partial charge >= 0.3 is 5.97 Å². The fourth-order valence-corrected chi connectivity index (χ4v) is 3.23.